The Balaban J connectivity index is 2.24. The van der Waals surface area contributed by atoms with E-state index in [-0.39, 0.29) is 23.9 Å². The van der Waals surface area contributed by atoms with E-state index in [1.54, 1.807) is 12.1 Å². The summed E-state index contributed by atoms with van der Waals surface area (Å²) in [6, 6.07) is 4.62. The summed E-state index contributed by atoms with van der Waals surface area (Å²) in [7, 11) is 0. The van der Waals surface area contributed by atoms with Crippen LogP contribution >= 0.6 is 15.9 Å². The molecule has 1 aliphatic heterocycles. The summed E-state index contributed by atoms with van der Waals surface area (Å²) in [5.74, 6) is -0.0220. The fraction of sp³-hybridized carbons (Fsp3) is 0.538. The Labute approximate surface area is 109 Å². The molecular weight excluding hydrogens is 285 g/mol. The minimum atomic E-state index is -0.292. The molecule has 0 aromatic heterocycles. The van der Waals surface area contributed by atoms with E-state index in [1.165, 1.54) is 6.07 Å². The van der Waals surface area contributed by atoms with Gasteiger partial charge in [0.05, 0.1) is 6.10 Å². The van der Waals surface area contributed by atoms with E-state index in [9.17, 15) is 4.39 Å². The van der Waals surface area contributed by atoms with Gasteiger partial charge in [0, 0.05) is 28.6 Å². The van der Waals surface area contributed by atoms with Crippen LogP contribution in [-0.4, -0.2) is 12.7 Å². The summed E-state index contributed by atoms with van der Waals surface area (Å²) in [6.07, 6.45) is 1.99. The maximum atomic E-state index is 13.8. The third-order valence-electron chi connectivity index (χ3n) is 3.44. The van der Waals surface area contributed by atoms with Crippen molar-refractivity contribution in [3.05, 3.63) is 34.1 Å². The molecule has 1 aromatic rings. The molecule has 0 bridgehead atoms. The number of rotatable bonds is 3. The van der Waals surface area contributed by atoms with Crippen molar-refractivity contribution in [3.8, 4) is 0 Å². The standard InChI is InChI=1S/C13H17BrFNO/c1-2-12-9(5-6-17-12)13(16)10-7-8(14)3-4-11(10)15/h3-4,7,9,12-13H,2,5-6,16H2,1H3. The quantitative estimate of drug-likeness (QED) is 0.928. The zero-order chi connectivity index (χ0) is 12.4. The average Bonchev–Trinajstić information content (AvgIpc) is 2.79. The molecule has 1 heterocycles. The number of hydrogen-bond acceptors (Lipinski definition) is 2. The van der Waals surface area contributed by atoms with Crippen LogP contribution in [0.4, 0.5) is 4.39 Å². The van der Waals surface area contributed by atoms with Gasteiger partial charge in [-0.05, 0) is 31.0 Å². The lowest BCUT2D eigenvalue weighted by molar-refractivity contribution is 0.0810. The molecule has 1 aliphatic rings. The Kier molecular flexibility index (Phi) is 4.17. The zero-order valence-electron chi connectivity index (χ0n) is 9.83. The van der Waals surface area contributed by atoms with Gasteiger partial charge in [0.25, 0.3) is 0 Å². The van der Waals surface area contributed by atoms with E-state index >= 15 is 0 Å². The number of ether oxygens (including phenoxy) is 1. The molecule has 0 spiro atoms. The zero-order valence-corrected chi connectivity index (χ0v) is 11.4. The predicted molar refractivity (Wildman–Crippen MR) is 69.2 cm³/mol. The first kappa shape index (κ1) is 13.0. The van der Waals surface area contributed by atoms with Gasteiger partial charge in [-0.15, -0.1) is 0 Å². The van der Waals surface area contributed by atoms with Crippen LogP contribution in [0.25, 0.3) is 0 Å². The maximum Gasteiger partial charge on any atom is 0.128 e. The van der Waals surface area contributed by atoms with Gasteiger partial charge in [-0.3, -0.25) is 0 Å². The van der Waals surface area contributed by atoms with Crippen LogP contribution in [0.2, 0.25) is 0 Å². The third-order valence-corrected chi connectivity index (χ3v) is 3.93. The summed E-state index contributed by atoms with van der Waals surface area (Å²) >= 11 is 3.35. The van der Waals surface area contributed by atoms with Crippen molar-refractivity contribution in [2.45, 2.75) is 31.9 Å². The van der Waals surface area contributed by atoms with Crippen molar-refractivity contribution >= 4 is 15.9 Å². The van der Waals surface area contributed by atoms with Gasteiger partial charge < -0.3 is 10.5 Å². The summed E-state index contributed by atoms with van der Waals surface area (Å²) in [5, 5.41) is 0. The van der Waals surface area contributed by atoms with Gasteiger partial charge >= 0.3 is 0 Å². The molecule has 1 fully saturated rings. The van der Waals surface area contributed by atoms with Crippen LogP contribution < -0.4 is 5.73 Å². The van der Waals surface area contributed by atoms with E-state index in [4.69, 9.17) is 10.5 Å². The van der Waals surface area contributed by atoms with Crippen LogP contribution in [0.1, 0.15) is 31.4 Å². The highest BCUT2D eigenvalue weighted by Gasteiger charge is 2.33. The second-order valence-electron chi connectivity index (χ2n) is 4.46. The Morgan fingerprint density at radius 1 is 1.59 bits per heavy atom. The monoisotopic (exact) mass is 301 g/mol. The van der Waals surface area contributed by atoms with E-state index < -0.39 is 0 Å². The first-order chi connectivity index (χ1) is 8.13. The lowest BCUT2D eigenvalue weighted by Gasteiger charge is -2.24. The highest BCUT2D eigenvalue weighted by Crippen LogP contribution is 2.35. The third kappa shape index (κ3) is 2.69. The van der Waals surface area contributed by atoms with Crippen molar-refractivity contribution in [2.24, 2.45) is 11.7 Å². The smallest absolute Gasteiger partial charge is 0.128 e. The summed E-state index contributed by atoms with van der Waals surface area (Å²) in [6.45, 7) is 2.81. The molecule has 94 valence electrons. The average molecular weight is 302 g/mol. The van der Waals surface area contributed by atoms with Gasteiger partial charge in [-0.25, -0.2) is 4.39 Å². The second kappa shape index (κ2) is 5.46. The first-order valence-corrected chi connectivity index (χ1v) is 6.75. The van der Waals surface area contributed by atoms with Crippen molar-refractivity contribution < 1.29 is 9.13 Å². The molecule has 2 N–H and O–H groups in total. The summed E-state index contributed by atoms with van der Waals surface area (Å²) in [5.41, 5.74) is 6.77. The molecule has 2 rings (SSSR count). The molecule has 3 atom stereocenters. The Morgan fingerprint density at radius 2 is 2.35 bits per heavy atom. The minimum Gasteiger partial charge on any atom is -0.378 e. The summed E-state index contributed by atoms with van der Waals surface area (Å²) < 4.78 is 20.2. The van der Waals surface area contributed by atoms with Gasteiger partial charge in [-0.2, -0.15) is 0 Å². The number of halogens is 2. The highest BCUT2D eigenvalue weighted by molar-refractivity contribution is 9.10. The molecule has 1 saturated heterocycles. The van der Waals surface area contributed by atoms with Gasteiger partial charge in [0.15, 0.2) is 0 Å². The molecule has 0 saturated carbocycles. The Morgan fingerprint density at radius 3 is 3.06 bits per heavy atom. The summed E-state index contributed by atoms with van der Waals surface area (Å²) in [4.78, 5) is 0. The minimum absolute atomic E-state index is 0.156. The predicted octanol–water partition coefficient (Wildman–Crippen LogP) is 3.40. The normalized spacial score (nSPS) is 26.1. The van der Waals surface area contributed by atoms with Crippen LogP contribution in [0.15, 0.2) is 22.7 Å². The fourth-order valence-corrected chi connectivity index (χ4v) is 2.88. The van der Waals surface area contributed by atoms with E-state index in [1.807, 2.05) is 0 Å². The Bertz CT molecular complexity index is 399. The maximum absolute atomic E-state index is 13.8. The van der Waals surface area contributed by atoms with Crippen molar-refractivity contribution in [1.82, 2.24) is 0 Å². The van der Waals surface area contributed by atoms with Crippen LogP contribution in [0.5, 0.6) is 0 Å². The molecule has 0 radical (unpaired) electrons. The molecule has 3 unspecified atom stereocenters. The fourth-order valence-electron chi connectivity index (χ4n) is 2.50. The number of hydrogen-bond donors (Lipinski definition) is 1. The van der Waals surface area contributed by atoms with Gasteiger partial charge in [-0.1, -0.05) is 22.9 Å². The van der Waals surface area contributed by atoms with E-state index in [2.05, 4.69) is 22.9 Å². The van der Waals surface area contributed by atoms with Crippen molar-refractivity contribution in [2.75, 3.05) is 6.61 Å². The number of benzene rings is 1. The van der Waals surface area contributed by atoms with Crippen LogP contribution in [-0.2, 0) is 4.74 Å². The Hall–Kier alpha value is -0.450. The molecule has 0 aliphatic carbocycles. The van der Waals surface area contributed by atoms with Gasteiger partial charge in [0.1, 0.15) is 5.82 Å². The molecule has 17 heavy (non-hydrogen) atoms. The van der Waals surface area contributed by atoms with E-state index in [0.717, 1.165) is 23.9 Å². The molecule has 4 heteroatoms. The van der Waals surface area contributed by atoms with Gasteiger partial charge in [0.2, 0.25) is 0 Å². The van der Waals surface area contributed by atoms with Crippen molar-refractivity contribution in [1.29, 1.82) is 0 Å². The lowest BCUT2D eigenvalue weighted by Crippen LogP contribution is -2.28. The lowest BCUT2D eigenvalue weighted by atomic mass is 9.87. The molecular formula is C13H17BrFNO. The topological polar surface area (TPSA) is 35.2 Å². The number of nitrogens with two attached hydrogens (primary N) is 1. The SMILES string of the molecule is CCC1OCCC1C(N)c1cc(Br)ccc1F. The first-order valence-electron chi connectivity index (χ1n) is 5.95. The van der Waals surface area contributed by atoms with E-state index in [0.29, 0.717) is 5.56 Å². The molecule has 1 aromatic carbocycles. The van der Waals surface area contributed by atoms with Crippen LogP contribution in [0, 0.1) is 11.7 Å². The molecule has 2 nitrogen and oxygen atoms in total. The highest BCUT2D eigenvalue weighted by atomic mass is 79.9. The van der Waals surface area contributed by atoms with Crippen molar-refractivity contribution in [3.63, 3.8) is 0 Å². The van der Waals surface area contributed by atoms with Crippen LogP contribution in [0.3, 0.4) is 0 Å². The second-order valence-corrected chi connectivity index (χ2v) is 5.38. The largest absolute Gasteiger partial charge is 0.378 e. The molecule has 0 amide bonds.